The van der Waals surface area contributed by atoms with Gasteiger partial charge in [0.25, 0.3) is 0 Å². The molecule has 7 nitrogen and oxygen atoms in total. The molecule has 0 bridgehead atoms. The maximum absolute atomic E-state index is 12.4. The molecular formula is C22H30N2O5. The quantitative estimate of drug-likeness (QED) is 0.735. The van der Waals surface area contributed by atoms with Crippen LogP contribution in [0.3, 0.4) is 0 Å². The Balaban J connectivity index is 1.55. The molecule has 0 saturated carbocycles. The number of amides is 1. The molecule has 0 unspecified atom stereocenters. The number of carboxylic acid groups (broad SMARTS) is 1. The van der Waals surface area contributed by atoms with Crippen LogP contribution in [0.5, 0.6) is 0 Å². The van der Waals surface area contributed by atoms with Gasteiger partial charge in [-0.25, -0.2) is 4.79 Å². The van der Waals surface area contributed by atoms with Crippen molar-refractivity contribution in [3.8, 4) is 0 Å². The Bertz CT molecular complexity index is 773. The summed E-state index contributed by atoms with van der Waals surface area (Å²) >= 11 is 0. The number of rotatable bonds is 6. The molecule has 2 heterocycles. The van der Waals surface area contributed by atoms with E-state index in [9.17, 15) is 9.59 Å². The normalized spacial score (nSPS) is 18.7. The van der Waals surface area contributed by atoms with Gasteiger partial charge in [-0.2, -0.15) is 0 Å². The Morgan fingerprint density at radius 3 is 2.34 bits per heavy atom. The van der Waals surface area contributed by atoms with E-state index in [-0.39, 0.29) is 18.1 Å². The predicted octanol–water partition coefficient (Wildman–Crippen LogP) is 3.39. The minimum Gasteiger partial charge on any atom is -0.481 e. The predicted molar refractivity (Wildman–Crippen MR) is 108 cm³/mol. The summed E-state index contributed by atoms with van der Waals surface area (Å²) in [5.41, 5.74) is 0.950. The fourth-order valence-corrected chi connectivity index (χ4v) is 3.81. The molecule has 2 saturated heterocycles. The molecule has 1 aromatic rings. The van der Waals surface area contributed by atoms with Gasteiger partial charge in [-0.1, -0.05) is 24.3 Å². The van der Waals surface area contributed by atoms with E-state index >= 15 is 0 Å². The minimum atomic E-state index is -0.857. The first-order valence-electron chi connectivity index (χ1n) is 9.96. The maximum atomic E-state index is 12.4. The Hall–Kier alpha value is -2.70. The van der Waals surface area contributed by atoms with Crippen molar-refractivity contribution in [3.05, 3.63) is 47.9 Å². The van der Waals surface area contributed by atoms with E-state index in [1.165, 1.54) is 0 Å². The van der Waals surface area contributed by atoms with Crippen molar-refractivity contribution in [2.45, 2.75) is 57.8 Å². The summed E-state index contributed by atoms with van der Waals surface area (Å²) in [7, 11) is 0. The van der Waals surface area contributed by atoms with Crippen molar-refractivity contribution in [2.24, 2.45) is 0 Å². The van der Waals surface area contributed by atoms with Gasteiger partial charge in [0.05, 0.1) is 13.0 Å². The fourth-order valence-electron chi connectivity index (χ4n) is 3.81. The number of nitrogens with zero attached hydrogens (tertiary/aromatic N) is 2. The van der Waals surface area contributed by atoms with Gasteiger partial charge in [0.2, 0.25) is 0 Å². The van der Waals surface area contributed by atoms with Gasteiger partial charge >= 0.3 is 12.1 Å². The lowest BCUT2D eigenvalue weighted by Crippen LogP contribution is -2.47. The molecular weight excluding hydrogens is 372 g/mol. The Morgan fingerprint density at radius 2 is 1.79 bits per heavy atom. The number of likely N-dealkylation sites (tertiary alicyclic amines) is 1. The summed E-state index contributed by atoms with van der Waals surface area (Å²) in [5.74, 6) is -0.195. The summed E-state index contributed by atoms with van der Waals surface area (Å²) in [4.78, 5) is 27.1. The number of hydrogen-bond donors (Lipinski definition) is 1. The fraction of sp³-hybridized carbons (Fsp3) is 0.545. The average Bonchev–Trinajstić information content (AvgIpc) is 2.90. The second-order valence-electron chi connectivity index (χ2n) is 8.89. The number of hydrogen-bond acceptors (Lipinski definition) is 5. The highest BCUT2D eigenvalue weighted by Crippen LogP contribution is 2.35. The minimum absolute atomic E-state index is 0.00410. The largest absolute Gasteiger partial charge is 0.481 e. The summed E-state index contributed by atoms with van der Waals surface area (Å²) in [6.07, 6.45) is 1.17. The summed E-state index contributed by atoms with van der Waals surface area (Å²) in [6, 6.07) is 7.32. The van der Waals surface area contributed by atoms with Crippen LogP contribution >= 0.6 is 0 Å². The van der Waals surface area contributed by atoms with Crippen LogP contribution in [0, 0.1) is 0 Å². The molecule has 158 valence electrons. The first-order chi connectivity index (χ1) is 13.6. The van der Waals surface area contributed by atoms with E-state index in [1.807, 2.05) is 32.9 Å². The summed E-state index contributed by atoms with van der Waals surface area (Å²) in [6.45, 7) is 12.5. The molecule has 0 radical (unpaired) electrons. The van der Waals surface area contributed by atoms with E-state index in [0.717, 1.165) is 37.1 Å². The zero-order valence-electron chi connectivity index (χ0n) is 17.4. The Kier molecular flexibility index (Phi) is 5.78. The molecule has 1 N–H and O–H groups in total. The van der Waals surface area contributed by atoms with E-state index in [1.54, 1.807) is 17.0 Å². The third-order valence-electron chi connectivity index (χ3n) is 5.24. The third kappa shape index (κ3) is 5.43. The number of aliphatic carboxylic acids is 1. The SMILES string of the molecule is C=C(OC(C)(C)C)N1CCC2(CC1)CN(Cc1ccc(CC(=O)O)cc1)C(=O)O2. The molecule has 29 heavy (non-hydrogen) atoms. The molecule has 1 amide bonds. The van der Waals surface area contributed by atoms with Crippen molar-refractivity contribution < 1.29 is 24.2 Å². The van der Waals surface area contributed by atoms with Crippen LogP contribution in [0.15, 0.2) is 36.7 Å². The maximum Gasteiger partial charge on any atom is 0.410 e. The van der Waals surface area contributed by atoms with Gasteiger partial charge in [0.1, 0.15) is 11.2 Å². The topological polar surface area (TPSA) is 79.3 Å². The van der Waals surface area contributed by atoms with Gasteiger partial charge < -0.3 is 19.5 Å². The highest BCUT2D eigenvalue weighted by Gasteiger charge is 2.47. The Morgan fingerprint density at radius 1 is 1.21 bits per heavy atom. The van der Waals surface area contributed by atoms with Crippen molar-refractivity contribution in [1.82, 2.24) is 9.80 Å². The number of benzene rings is 1. The second-order valence-corrected chi connectivity index (χ2v) is 8.89. The highest BCUT2D eigenvalue weighted by molar-refractivity contribution is 5.71. The molecule has 1 aromatic carbocycles. The van der Waals surface area contributed by atoms with Gasteiger partial charge in [-0.3, -0.25) is 9.69 Å². The number of carbonyl (C=O) groups excluding carboxylic acids is 1. The lowest BCUT2D eigenvalue weighted by molar-refractivity contribution is -0.136. The van der Waals surface area contributed by atoms with Gasteiger partial charge in [0, 0.05) is 32.5 Å². The van der Waals surface area contributed by atoms with Crippen LogP contribution < -0.4 is 0 Å². The average molecular weight is 402 g/mol. The van der Waals surface area contributed by atoms with Crippen LogP contribution in [-0.2, 0) is 27.2 Å². The first kappa shape index (κ1) is 21.0. The summed E-state index contributed by atoms with van der Waals surface area (Å²) < 4.78 is 11.7. The molecule has 0 aromatic heterocycles. The number of carbonyl (C=O) groups is 2. The molecule has 0 atom stereocenters. The van der Waals surface area contributed by atoms with Crippen molar-refractivity contribution in [2.75, 3.05) is 19.6 Å². The third-order valence-corrected chi connectivity index (χ3v) is 5.24. The van der Waals surface area contributed by atoms with Gasteiger partial charge in [-0.15, -0.1) is 0 Å². The smallest absolute Gasteiger partial charge is 0.410 e. The molecule has 7 heteroatoms. The molecule has 0 aliphatic carbocycles. The molecule has 2 aliphatic rings. The van der Waals surface area contributed by atoms with Gasteiger partial charge in [0.15, 0.2) is 5.88 Å². The second kappa shape index (κ2) is 7.97. The van der Waals surface area contributed by atoms with Crippen molar-refractivity contribution in [3.63, 3.8) is 0 Å². The Labute approximate surface area is 171 Å². The standard InChI is InChI=1S/C22H30N2O5/c1-16(28-21(2,3)4)23-11-9-22(10-12-23)15-24(20(27)29-22)14-18-7-5-17(6-8-18)13-19(25)26/h5-8H,1,9-15H2,2-4H3,(H,25,26). The molecule has 1 spiro atoms. The van der Waals surface area contributed by atoms with Crippen LogP contribution in [0.4, 0.5) is 4.79 Å². The van der Waals surface area contributed by atoms with Crippen LogP contribution in [0.1, 0.15) is 44.7 Å². The number of carboxylic acids is 1. The number of ether oxygens (including phenoxy) is 2. The zero-order chi connectivity index (χ0) is 21.2. The van der Waals surface area contributed by atoms with Crippen molar-refractivity contribution in [1.29, 1.82) is 0 Å². The van der Waals surface area contributed by atoms with E-state index in [4.69, 9.17) is 14.6 Å². The first-order valence-corrected chi connectivity index (χ1v) is 9.96. The zero-order valence-corrected chi connectivity index (χ0v) is 17.4. The lowest BCUT2D eigenvalue weighted by atomic mass is 9.91. The molecule has 2 fully saturated rings. The number of piperidine rings is 1. The van der Waals surface area contributed by atoms with Crippen LogP contribution in [-0.4, -0.2) is 57.8 Å². The van der Waals surface area contributed by atoms with Crippen LogP contribution in [0.2, 0.25) is 0 Å². The van der Waals surface area contributed by atoms with Crippen molar-refractivity contribution >= 4 is 12.1 Å². The monoisotopic (exact) mass is 402 g/mol. The van der Waals surface area contributed by atoms with Crippen LogP contribution in [0.25, 0.3) is 0 Å². The van der Waals surface area contributed by atoms with E-state index < -0.39 is 11.6 Å². The molecule has 2 aliphatic heterocycles. The highest BCUT2D eigenvalue weighted by atomic mass is 16.6. The summed E-state index contributed by atoms with van der Waals surface area (Å²) in [5, 5.41) is 8.86. The van der Waals surface area contributed by atoms with E-state index in [0.29, 0.717) is 19.0 Å². The van der Waals surface area contributed by atoms with E-state index in [2.05, 4.69) is 11.5 Å². The molecule has 3 rings (SSSR count). The lowest BCUT2D eigenvalue weighted by Gasteiger charge is -2.40. The van der Waals surface area contributed by atoms with Gasteiger partial charge in [-0.05, 0) is 38.5 Å².